The normalized spacial score (nSPS) is 19.7. The first-order chi connectivity index (χ1) is 7.25. The van der Waals surface area contributed by atoms with Crippen molar-refractivity contribution in [2.45, 2.75) is 18.9 Å². The van der Waals surface area contributed by atoms with Crippen LogP contribution in [0.4, 0.5) is 5.69 Å². The number of amides is 2. The molecule has 0 bridgehead atoms. The van der Waals surface area contributed by atoms with E-state index in [2.05, 4.69) is 15.6 Å². The topological polar surface area (TPSA) is 71.1 Å². The lowest BCUT2D eigenvalue weighted by atomic mass is 10.2. The van der Waals surface area contributed by atoms with Crippen molar-refractivity contribution in [1.29, 1.82) is 0 Å². The van der Waals surface area contributed by atoms with Crippen LogP contribution in [0.3, 0.4) is 0 Å². The number of hydrogen-bond acceptors (Lipinski definition) is 3. The lowest BCUT2D eigenvalue weighted by Crippen LogP contribution is -2.37. The molecule has 78 valence electrons. The quantitative estimate of drug-likeness (QED) is 0.729. The van der Waals surface area contributed by atoms with Crippen LogP contribution in [0.15, 0.2) is 24.5 Å². The third-order valence-electron chi connectivity index (χ3n) is 2.26. The molecule has 1 atom stereocenters. The van der Waals surface area contributed by atoms with Gasteiger partial charge in [-0.2, -0.15) is 0 Å². The predicted octanol–water partition coefficient (Wildman–Crippen LogP) is 0.299. The maximum Gasteiger partial charge on any atom is 0.246 e. The van der Waals surface area contributed by atoms with Gasteiger partial charge in [0.2, 0.25) is 11.8 Å². The summed E-state index contributed by atoms with van der Waals surface area (Å²) in [5.41, 5.74) is 0.691. The van der Waals surface area contributed by atoms with Gasteiger partial charge in [-0.05, 0) is 18.6 Å². The summed E-state index contributed by atoms with van der Waals surface area (Å²) in [6, 6.07) is 3.01. The van der Waals surface area contributed by atoms with Crippen molar-refractivity contribution in [2.24, 2.45) is 0 Å². The highest BCUT2D eigenvalue weighted by Crippen LogP contribution is 2.10. The van der Waals surface area contributed by atoms with Crippen LogP contribution >= 0.6 is 0 Å². The van der Waals surface area contributed by atoms with Gasteiger partial charge in [0.1, 0.15) is 6.04 Å². The minimum atomic E-state index is -0.398. The molecule has 1 aliphatic rings. The van der Waals surface area contributed by atoms with Crippen molar-refractivity contribution in [1.82, 2.24) is 10.3 Å². The first-order valence-electron chi connectivity index (χ1n) is 4.76. The smallest absolute Gasteiger partial charge is 0.246 e. The van der Waals surface area contributed by atoms with Crippen LogP contribution in [-0.4, -0.2) is 22.8 Å². The van der Waals surface area contributed by atoms with Crippen molar-refractivity contribution < 1.29 is 9.59 Å². The maximum absolute atomic E-state index is 11.6. The molecule has 1 aliphatic heterocycles. The number of nitrogens with zero attached hydrogens (tertiary/aromatic N) is 1. The average Bonchev–Trinajstić information content (AvgIpc) is 2.66. The highest BCUT2D eigenvalue weighted by atomic mass is 16.2. The number of rotatable bonds is 2. The van der Waals surface area contributed by atoms with E-state index in [0.717, 1.165) is 0 Å². The fourth-order valence-corrected chi connectivity index (χ4v) is 1.48. The molecule has 0 aliphatic carbocycles. The van der Waals surface area contributed by atoms with E-state index < -0.39 is 6.04 Å². The largest absolute Gasteiger partial charge is 0.344 e. The summed E-state index contributed by atoms with van der Waals surface area (Å²) in [5, 5.41) is 5.32. The molecule has 2 heterocycles. The Morgan fingerprint density at radius 3 is 2.80 bits per heavy atom. The highest BCUT2D eigenvalue weighted by Gasteiger charge is 2.26. The van der Waals surface area contributed by atoms with Crippen LogP contribution in [0.5, 0.6) is 0 Å². The number of nitrogens with one attached hydrogen (secondary N) is 2. The number of aromatic nitrogens is 1. The zero-order chi connectivity index (χ0) is 10.7. The molecule has 0 spiro atoms. The van der Waals surface area contributed by atoms with Crippen molar-refractivity contribution in [2.75, 3.05) is 5.32 Å². The van der Waals surface area contributed by atoms with Crippen molar-refractivity contribution in [3.05, 3.63) is 24.5 Å². The molecule has 2 amide bonds. The first-order valence-corrected chi connectivity index (χ1v) is 4.76. The first kappa shape index (κ1) is 9.64. The molecule has 15 heavy (non-hydrogen) atoms. The Hall–Kier alpha value is -1.91. The number of pyridine rings is 1. The minimum Gasteiger partial charge on any atom is -0.344 e. The van der Waals surface area contributed by atoms with E-state index in [-0.39, 0.29) is 11.8 Å². The molecule has 0 saturated carbocycles. The summed E-state index contributed by atoms with van der Waals surface area (Å²) in [4.78, 5) is 26.4. The summed E-state index contributed by atoms with van der Waals surface area (Å²) < 4.78 is 0. The van der Waals surface area contributed by atoms with E-state index in [9.17, 15) is 9.59 Å². The molecular formula is C10H11N3O2. The molecule has 5 heteroatoms. The maximum atomic E-state index is 11.6. The van der Waals surface area contributed by atoms with Gasteiger partial charge in [0.05, 0.1) is 0 Å². The standard InChI is InChI=1S/C10H11N3O2/c14-9-2-1-8(13-9)10(15)12-7-3-5-11-6-4-7/h3-6,8H,1-2H2,(H,13,14)(H,11,12,15). The highest BCUT2D eigenvalue weighted by molar-refractivity contribution is 5.98. The predicted molar refractivity (Wildman–Crippen MR) is 54.0 cm³/mol. The molecule has 5 nitrogen and oxygen atoms in total. The molecule has 2 N–H and O–H groups in total. The Morgan fingerprint density at radius 1 is 1.47 bits per heavy atom. The summed E-state index contributed by atoms with van der Waals surface area (Å²) >= 11 is 0. The molecule has 0 radical (unpaired) electrons. The number of anilines is 1. The fraction of sp³-hybridized carbons (Fsp3) is 0.300. The molecule has 1 fully saturated rings. The second-order valence-electron chi connectivity index (χ2n) is 3.38. The molecule has 1 aromatic heterocycles. The molecule has 0 aromatic carbocycles. The van der Waals surface area contributed by atoms with E-state index in [1.165, 1.54) is 0 Å². The Labute approximate surface area is 86.9 Å². The monoisotopic (exact) mass is 205 g/mol. The zero-order valence-corrected chi connectivity index (χ0v) is 8.06. The fourth-order valence-electron chi connectivity index (χ4n) is 1.48. The van der Waals surface area contributed by atoms with Gasteiger partial charge in [0, 0.05) is 24.5 Å². The second-order valence-corrected chi connectivity index (χ2v) is 3.38. The van der Waals surface area contributed by atoms with Crippen molar-refractivity contribution >= 4 is 17.5 Å². The van der Waals surface area contributed by atoms with Crippen LogP contribution in [0.25, 0.3) is 0 Å². The molecule has 2 rings (SSSR count). The van der Waals surface area contributed by atoms with Crippen LogP contribution in [0.1, 0.15) is 12.8 Å². The SMILES string of the molecule is O=C1CCC(C(=O)Nc2ccncc2)N1. The van der Waals surface area contributed by atoms with Crippen molar-refractivity contribution in [3.63, 3.8) is 0 Å². The zero-order valence-electron chi connectivity index (χ0n) is 8.06. The third kappa shape index (κ3) is 2.31. The Kier molecular flexibility index (Phi) is 2.62. The summed E-state index contributed by atoms with van der Waals surface area (Å²) in [5.74, 6) is -0.239. The third-order valence-corrected chi connectivity index (χ3v) is 2.26. The van der Waals surface area contributed by atoms with Gasteiger partial charge in [0.25, 0.3) is 0 Å². The number of carbonyl (C=O) groups excluding carboxylic acids is 2. The lowest BCUT2D eigenvalue weighted by molar-refractivity contribution is -0.122. The van der Waals surface area contributed by atoms with Gasteiger partial charge in [-0.3, -0.25) is 14.6 Å². The van der Waals surface area contributed by atoms with Crippen LogP contribution in [0, 0.1) is 0 Å². The second kappa shape index (κ2) is 4.08. The van der Waals surface area contributed by atoms with E-state index in [4.69, 9.17) is 0 Å². The van der Waals surface area contributed by atoms with E-state index in [0.29, 0.717) is 18.5 Å². The number of carbonyl (C=O) groups is 2. The summed E-state index contributed by atoms with van der Waals surface area (Å²) in [6.45, 7) is 0. The minimum absolute atomic E-state index is 0.0649. The summed E-state index contributed by atoms with van der Waals surface area (Å²) in [7, 11) is 0. The van der Waals surface area contributed by atoms with Gasteiger partial charge in [-0.15, -0.1) is 0 Å². The van der Waals surface area contributed by atoms with E-state index in [1.54, 1.807) is 24.5 Å². The Morgan fingerprint density at radius 2 is 2.20 bits per heavy atom. The van der Waals surface area contributed by atoms with Gasteiger partial charge in [-0.1, -0.05) is 0 Å². The summed E-state index contributed by atoms with van der Waals surface area (Å²) in [6.07, 6.45) is 4.19. The van der Waals surface area contributed by atoms with Crippen LogP contribution in [0.2, 0.25) is 0 Å². The molecule has 1 saturated heterocycles. The number of hydrogen-bond donors (Lipinski definition) is 2. The lowest BCUT2D eigenvalue weighted by Gasteiger charge is -2.10. The molecule has 1 aromatic rings. The average molecular weight is 205 g/mol. The van der Waals surface area contributed by atoms with Crippen molar-refractivity contribution in [3.8, 4) is 0 Å². The van der Waals surface area contributed by atoms with E-state index >= 15 is 0 Å². The van der Waals surface area contributed by atoms with E-state index in [1.807, 2.05) is 0 Å². The molecular weight excluding hydrogens is 194 g/mol. The Balaban J connectivity index is 1.96. The van der Waals surface area contributed by atoms with Crippen LogP contribution in [-0.2, 0) is 9.59 Å². The Bertz CT molecular complexity index is 378. The van der Waals surface area contributed by atoms with Gasteiger partial charge in [0.15, 0.2) is 0 Å². The van der Waals surface area contributed by atoms with Crippen LogP contribution < -0.4 is 10.6 Å². The van der Waals surface area contributed by atoms with Gasteiger partial charge in [-0.25, -0.2) is 0 Å². The van der Waals surface area contributed by atoms with Gasteiger partial charge < -0.3 is 10.6 Å². The van der Waals surface area contributed by atoms with Gasteiger partial charge >= 0.3 is 0 Å². The molecule has 1 unspecified atom stereocenters.